The molecule has 0 unspecified atom stereocenters. The fourth-order valence-electron chi connectivity index (χ4n) is 3.43. The average molecular weight is 289 g/mol. The first kappa shape index (κ1) is 14.2. The highest BCUT2D eigenvalue weighted by Gasteiger charge is 2.34. The van der Waals surface area contributed by atoms with Gasteiger partial charge < -0.3 is 15.4 Å². The highest BCUT2D eigenvalue weighted by Crippen LogP contribution is 2.36. The summed E-state index contributed by atoms with van der Waals surface area (Å²) in [5.41, 5.74) is 8.73. The number of likely N-dealkylation sites (tertiary alicyclic amines) is 1. The highest BCUT2D eigenvalue weighted by molar-refractivity contribution is 5.99. The Morgan fingerprint density at radius 3 is 2.81 bits per heavy atom. The van der Waals surface area contributed by atoms with Gasteiger partial charge in [0.05, 0.1) is 18.8 Å². The van der Waals surface area contributed by atoms with Crippen molar-refractivity contribution in [1.82, 2.24) is 4.90 Å². The van der Waals surface area contributed by atoms with Crippen molar-refractivity contribution in [1.29, 1.82) is 0 Å². The van der Waals surface area contributed by atoms with Crippen molar-refractivity contribution in [3.05, 3.63) is 17.7 Å². The summed E-state index contributed by atoms with van der Waals surface area (Å²) in [6.07, 6.45) is 4.00. The molecule has 3 rings (SSSR count). The van der Waals surface area contributed by atoms with Crippen molar-refractivity contribution < 1.29 is 9.53 Å². The van der Waals surface area contributed by atoms with Crippen LogP contribution < -0.4 is 15.4 Å². The summed E-state index contributed by atoms with van der Waals surface area (Å²) < 4.78 is 5.29. The van der Waals surface area contributed by atoms with Crippen molar-refractivity contribution in [2.45, 2.75) is 31.7 Å². The summed E-state index contributed by atoms with van der Waals surface area (Å²) in [6, 6.07) is 3.88. The lowest BCUT2D eigenvalue weighted by atomic mass is 9.99. The van der Waals surface area contributed by atoms with Gasteiger partial charge in [-0.05, 0) is 57.0 Å². The Bertz CT molecular complexity index is 559. The Balaban J connectivity index is 1.93. The molecule has 2 heterocycles. The van der Waals surface area contributed by atoms with Gasteiger partial charge in [-0.2, -0.15) is 0 Å². The zero-order chi connectivity index (χ0) is 15.0. The number of hydrogen-bond acceptors (Lipinski definition) is 4. The molecule has 1 amide bonds. The third-order valence-electron chi connectivity index (χ3n) is 4.62. The van der Waals surface area contributed by atoms with E-state index in [1.807, 2.05) is 24.1 Å². The molecule has 2 N–H and O–H groups in total. The van der Waals surface area contributed by atoms with Crippen molar-refractivity contribution in [2.75, 3.05) is 37.9 Å². The topological polar surface area (TPSA) is 58.8 Å². The lowest BCUT2D eigenvalue weighted by Crippen LogP contribution is -2.46. The number of rotatable bonds is 2. The van der Waals surface area contributed by atoms with E-state index in [1.165, 1.54) is 0 Å². The standard InChI is InChI=1S/C16H23N3O2/c1-18-7-4-6-13(18)16(20)19-8-3-5-11-9-15(21-2)12(17)10-14(11)19/h9-10,13H,3-8,17H2,1-2H3/t13-/m0/s1. The Morgan fingerprint density at radius 2 is 2.14 bits per heavy atom. The summed E-state index contributed by atoms with van der Waals surface area (Å²) in [6.45, 7) is 1.78. The van der Waals surface area contributed by atoms with Crippen LogP contribution in [0.25, 0.3) is 0 Å². The maximum Gasteiger partial charge on any atom is 0.244 e. The Hall–Kier alpha value is -1.75. The van der Waals surface area contributed by atoms with Gasteiger partial charge in [0.25, 0.3) is 0 Å². The maximum absolute atomic E-state index is 12.9. The molecule has 1 aromatic carbocycles. The smallest absolute Gasteiger partial charge is 0.244 e. The molecule has 5 nitrogen and oxygen atoms in total. The van der Waals surface area contributed by atoms with Gasteiger partial charge in [-0.15, -0.1) is 0 Å². The predicted octanol–water partition coefficient (Wildman–Crippen LogP) is 1.65. The summed E-state index contributed by atoms with van der Waals surface area (Å²) >= 11 is 0. The molecule has 5 heteroatoms. The average Bonchev–Trinajstić information content (AvgIpc) is 2.91. The summed E-state index contributed by atoms with van der Waals surface area (Å²) in [7, 11) is 3.65. The lowest BCUT2D eigenvalue weighted by molar-refractivity contribution is -0.122. The number of ether oxygens (including phenoxy) is 1. The molecule has 1 fully saturated rings. The van der Waals surface area contributed by atoms with Gasteiger partial charge in [0, 0.05) is 12.2 Å². The van der Waals surface area contributed by atoms with E-state index in [2.05, 4.69) is 4.90 Å². The lowest BCUT2D eigenvalue weighted by Gasteiger charge is -2.33. The van der Waals surface area contributed by atoms with Crippen molar-refractivity contribution in [2.24, 2.45) is 0 Å². The number of nitrogens with zero attached hydrogens (tertiary/aromatic N) is 2. The minimum Gasteiger partial charge on any atom is -0.495 e. The van der Waals surface area contributed by atoms with Crippen molar-refractivity contribution in [3.63, 3.8) is 0 Å². The third-order valence-corrected chi connectivity index (χ3v) is 4.62. The number of nitrogens with two attached hydrogens (primary N) is 1. The van der Waals surface area contributed by atoms with Gasteiger partial charge >= 0.3 is 0 Å². The van der Waals surface area contributed by atoms with Crippen molar-refractivity contribution >= 4 is 17.3 Å². The summed E-state index contributed by atoms with van der Waals surface area (Å²) in [5, 5.41) is 0. The fraction of sp³-hybridized carbons (Fsp3) is 0.562. The van der Waals surface area contributed by atoms with Crippen LogP contribution in [-0.4, -0.2) is 44.1 Å². The molecule has 0 saturated carbocycles. The fourth-order valence-corrected chi connectivity index (χ4v) is 3.43. The second-order valence-corrected chi connectivity index (χ2v) is 5.95. The second kappa shape index (κ2) is 5.56. The van der Waals surface area contributed by atoms with Gasteiger partial charge in [-0.25, -0.2) is 0 Å². The van der Waals surface area contributed by atoms with Gasteiger partial charge in [-0.1, -0.05) is 0 Å². The molecule has 1 atom stereocenters. The van der Waals surface area contributed by atoms with E-state index in [-0.39, 0.29) is 11.9 Å². The van der Waals surface area contributed by atoms with E-state index in [0.29, 0.717) is 11.4 Å². The number of carbonyl (C=O) groups is 1. The predicted molar refractivity (Wildman–Crippen MR) is 83.7 cm³/mol. The van der Waals surface area contributed by atoms with Crippen LogP contribution in [0.1, 0.15) is 24.8 Å². The van der Waals surface area contributed by atoms with Gasteiger partial charge in [0.1, 0.15) is 5.75 Å². The summed E-state index contributed by atoms with van der Waals surface area (Å²) in [4.78, 5) is 16.9. The van der Waals surface area contributed by atoms with Crippen LogP contribution in [0.5, 0.6) is 5.75 Å². The molecule has 1 aromatic rings. The maximum atomic E-state index is 12.9. The van der Waals surface area contributed by atoms with E-state index in [1.54, 1.807) is 7.11 Å². The Kier molecular flexibility index (Phi) is 3.76. The quantitative estimate of drug-likeness (QED) is 0.841. The number of methoxy groups -OCH3 is 1. The molecule has 0 aromatic heterocycles. The van der Waals surface area contributed by atoms with E-state index < -0.39 is 0 Å². The zero-order valence-corrected chi connectivity index (χ0v) is 12.8. The van der Waals surface area contributed by atoms with Gasteiger partial charge in [-0.3, -0.25) is 9.69 Å². The number of likely N-dealkylation sites (N-methyl/N-ethyl adjacent to an activating group) is 1. The van der Waals surface area contributed by atoms with E-state index in [9.17, 15) is 4.79 Å². The number of fused-ring (bicyclic) bond motifs is 1. The minimum absolute atomic E-state index is 0.0132. The third kappa shape index (κ3) is 2.46. The SMILES string of the molecule is COc1cc2c(cc1N)N(C(=O)[C@@H]1CCCN1C)CCC2. The molecule has 0 radical (unpaired) electrons. The normalized spacial score (nSPS) is 22.2. The molecular formula is C16H23N3O2. The first-order valence-electron chi connectivity index (χ1n) is 7.60. The van der Waals surface area contributed by atoms with Crippen LogP contribution in [0.15, 0.2) is 12.1 Å². The van der Waals surface area contributed by atoms with Gasteiger partial charge in [0.2, 0.25) is 5.91 Å². The van der Waals surface area contributed by atoms with E-state index in [4.69, 9.17) is 10.5 Å². The number of hydrogen-bond donors (Lipinski definition) is 1. The zero-order valence-electron chi connectivity index (χ0n) is 12.8. The van der Waals surface area contributed by atoms with Crippen LogP contribution in [-0.2, 0) is 11.2 Å². The molecule has 0 bridgehead atoms. The van der Waals surface area contributed by atoms with E-state index >= 15 is 0 Å². The largest absolute Gasteiger partial charge is 0.495 e. The highest BCUT2D eigenvalue weighted by atomic mass is 16.5. The first-order valence-corrected chi connectivity index (χ1v) is 7.60. The number of anilines is 2. The number of amides is 1. The van der Waals surface area contributed by atoms with Crippen LogP contribution in [0, 0.1) is 0 Å². The van der Waals surface area contributed by atoms with E-state index in [0.717, 1.165) is 50.0 Å². The number of aryl methyl sites for hydroxylation is 1. The molecule has 2 aliphatic heterocycles. The molecule has 1 saturated heterocycles. The molecule has 0 spiro atoms. The molecule has 2 aliphatic rings. The Morgan fingerprint density at radius 1 is 1.33 bits per heavy atom. The molecular weight excluding hydrogens is 266 g/mol. The van der Waals surface area contributed by atoms with Crippen LogP contribution in [0.3, 0.4) is 0 Å². The van der Waals surface area contributed by atoms with Crippen LogP contribution in [0.2, 0.25) is 0 Å². The van der Waals surface area contributed by atoms with Gasteiger partial charge in [0.15, 0.2) is 0 Å². The van der Waals surface area contributed by atoms with Crippen LogP contribution >= 0.6 is 0 Å². The monoisotopic (exact) mass is 289 g/mol. The molecule has 114 valence electrons. The first-order chi connectivity index (χ1) is 10.1. The number of nitrogen functional groups attached to an aromatic ring is 1. The second-order valence-electron chi connectivity index (χ2n) is 5.95. The minimum atomic E-state index is 0.0132. The molecule has 21 heavy (non-hydrogen) atoms. The Labute approximate surface area is 125 Å². The van der Waals surface area contributed by atoms with Crippen LogP contribution in [0.4, 0.5) is 11.4 Å². The van der Waals surface area contributed by atoms with Crippen molar-refractivity contribution in [3.8, 4) is 5.75 Å². The molecule has 0 aliphatic carbocycles. The number of benzene rings is 1. The number of carbonyl (C=O) groups excluding carboxylic acids is 1. The summed E-state index contributed by atoms with van der Waals surface area (Å²) in [5.74, 6) is 0.904.